The quantitative estimate of drug-likeness (QED) is 0.0704. The molecule has 0 aliphatic carbocycles. The first-order valence-corrected chi connectivity index (χ1v) is 40.5. The van der Waals surface area contributed by atoms with Gasteiger partial charge in [0.15, 0.2) is 0 Å². The molecule has 119 heavy (non-hydrogen) atoms. The number of hydrogen-bond donors (Lipinski definition) is 0. The van der Waals surface area contributed by atoms with E-state index in [0.717, 1.165) is 79.6 Å². The van der Waals surface area contributed by atoms with Crippen molar-refractivity contribution in [1.82, 2.24) is 0 Å². The van der Waals surface area contributed by atoms with Crippen molar-refractivity contribution in [2.24, 2.45) is 0 Å². The predicted molar refractivity (Wildman–Crippen MR) is 509 cm³/mol. The topological polar surface area (TPSA) is 19.4 Å². The van der Waals surface area contributed by atoms with Gasteiger partial charge in [0.05, 0.1) is 5.69 Å². The van der Waals surface area contributed by atoms with Crippen molar-refractivity contribution in [2.45, 2.75) is 0 Å². The Morgan fingerprint density at radius 3 is 0.630 bits per heavy atom. The van der Waals surface area contributed by atoms with E-state index in [-0.39, 0.29) is 0 Å². The van der Waals surface area contributed by atoms with Crippen molar-refractivity contribution in [1.29, 1.82) is 0 Å². The van der Waals surface area contributed by atoms with Crippen molar-refractivity contribution >= 4 is 107 Å². The van der Waals surface area contributed by atoms with E-state index in [9.17, 15) is 0 Å². The first kappa shape index (κ1) is 76.1. The molecule has 0 aliphatic rings. The Morgan fingerprint density at radius 1 is 0.126 bits per heavy atom. The second kappa shape index (κ2) is 36.3. The lowest BCUT2D eigenvalue weighted by Gasteiger charge is -2.28. The van der Waals surface area contributed by atoms with E-state index in [1.54, 1.807) is 0 Å². The van der Waals surface area contributed by atoms with Gasteiger partial charge in [-0.05, 0) is 242 Å². The smallest absolute Gasteiger partial charge is 0.0567 e. The Morgan fingerprint density at radius 2 is 0.319 bits per heavy atom. The van der Waals surface area contributed by atoms with Crippen LogP contribution in [0.1, 0.15) is 0 Å². The molecule has 6 heteroatoms. The molecule has 0 radical (unpaired) electrons. The molecule has 0 saturated carbocycles. The summed E-state index contributed by atoms with van der Waals surface area (Å²) in [7, 11) is 6.41. The number of fused-ring (bicyclic) bond motifs is 2. The third-order valence-electron chi connectivity index (χ3n) is 21.9. The average molecular weight is 1530 g/mol. The summed E-state index contributed by atoms with van der Waals surface area (Å²) in [5, 5.41) is 5.00. The number of nitrogens with zero attached hydrogens (tertiary/aromatic N) is 6. The third kappa shape index (κ3) is 17.6. The lowest BCUT2D eigenvalue weighted by Crippen LogP contribution is -2.12. The lowest BCUT2D eigenvalue weighted by molar-refractivity contribution is 1.20. The molecule has 0 N–H and O–H groups in total. The molecule has 0 aromatic heterocycles. The summed E-state index contributed by atoms with van der Waals surface area (Å²) in [5.41, 5.74) is 29.1. The van der Waals surface area contributed by atoms with Gasteiger partial charge < -0.3 is 29.4 Å². The highest BCUT2D eigenvalue weighted by Crippen LogP contribution is 2.44. The van der Waals surface area contributed by atoms with Crippen LogP contribution in [-0.2, 0) is 0 Å². The van der Waals surface area contributed by atoms with Crippen LogP contribution in [-0.4, -0.2) is 21.1 Å². The number of para-hydroxylation sites is 3. The van der Waals surface area contributed by atoms with Gasteiger partial charge in [-0.3, -0.25) is 0 Å². The fourth-order valence-corrected chi connectivity index (χ4v) is 15.7. The molecular weight excluding hydrogens is 1440 g/mol. The minimum Gasteiger partial charge on any atom is -0.345 e. The molecule has 572 valence electrons. The van der Waals surface area contributed by atoms with Crippen LogP contribution < -0.4 is 29.4 Å². The Bertz CT molecular complexity index is 6430. The molecule has 0 heterocycles. The van der Waals surface area contributed by atoms with Gasteiger partial charge in [0.25, 0.3) is 0 Å². The second-order valence-electron chi connectivity index (χ2n) is 29.5. The third-order valence-corrected chi connectivity index (χ3v) is 21.9. The maximum Gasteiger partial charge on any atom is 0.0567 e. The van der Waals surface area contributed by atoms with E-state index in [4.69, 9.17) is 0 Å². The molecule has 19 aromatic carbocycles. The van der Waals surface area contributed by atoms with Crippen molar-refractivity contribution < 1.29 is 0 Å². The highest BCUT2D eigenvalue weighted by Gasteiger charge is 2.21. The summed E-state index contributed by atoms with van der Waals surface area (Å²) in [6.07, 6.45) is 0. The van der Waals surface area contributed by atoms with Crippen LogP contribution in [0.4, 0.5) is 85.3 Å². The summed E-state index contributed by atoms with van der Waals surface area (Å²) in [6, 6.07) is 174. The largest absolute Gasteiger partial charge is 0.345 e. The van der Waals surface area contributed by atoms with Gasteiger partial charge in [-0.2, -0.15) is 0 Å². The van der Waals surface area contributed by atoms with E-state index >= 15 is 0 Å². The zero-order valence-corrected chi connectivity index (χ0v) is 66.9. The second-order valence-corrected chi connectivity index (χ2v) is 29.5. The molecule has 6 nitrogen and oxygen atoms in total. The summed E-state index contributed by atoms with van der Waals surface area (Å²) in [5.74, 6) is 0. The molecule has 19 aromatic rings. The van der Waals surface area contributed by atoms with Gasteiger partial charge >= 0.3 is 0 Å². The Labute approximate surface area is 699 Å². The maximum atomic E-state index is 2.32. The first-order valence-electron chi connectivity index (χ1n) is 40.5. The number of rotatable bonds is 20. The van der Waals surface area contributed by atoms with Crippen molar-refractivity contribution in [2.75, 3.05) is 50.5 Å². The molecule has 0 atom stereocenters. The Hall–Kier alpha value is -15.5. The van der Waals surface area contributed by atoms with Crippen LogP contribution >= 0.6 is 0 Å². The molecular formula is C113H90N6. The van der Waals surface area contributed by atoms with E-state index in [1.807, 2.05) is 6.07 Å². The van der Waals surface area contributed by atoms with Gasteiger partial charge in [0, 0.05) is 112 Å². The van der Waals surface area contributed by atoms with Gasteiger partial charge in [-0.1, -0.05) is 315 Å². The van der Waals surface area contributed by atoms with Crippen LogP contribution in [0.25, 0.3) is 77.2 Å². The van der Waals surface area contributed by atoms with Gasteiger partial charge in [0.2, 0.25) is 0 Å². The first-order chi connectivity index (χ1) is 58.8. The summed E-state index contributed by atoms with van der Waals surface area (Å²) >= 11 is 0. The van der Waals surface area contributed by atoms with Gasteiger partial charge in [-0.25, -0.2) is 0 Å². The van der Waals surface area contributed by atoms with Crippen LogP contribution in [0.2, 0.25) is 0 Å². The van der Waals surface area contributed by atoms with E-state index in [1.165, 1.54) is 82.9 Å². The van der Waals surface area contributed by atoms with E-state index in [0.29, 0.717) is 0 Å². The minimum atomic E-state index is 1.11. The fraction of sp³-hybridized carbons (Fsp3) is 0.0265. The Balaban J connectivity index is 0.000000128. The molecule has 0 bridgehead atoms. The molecule has 0 amide bonds. The normalized spacial score (nSPS) is 10.8. The number of anilines is 15. The summed E-state index contributed by atoms with van der Waals surface area (Å²) in [6.45, 7) is 0. The highest BCUT2D eigenvalue weighted by molar-refractivity contribution is 6.12. The van der Waals surface area contributed by atoms with E-state index < -0.39 is 0 Å². The van der Waals surface area contributed by atoms with Crippen LogP contribution in [0.15, 0.2) is 491 Å². The SMILES string of the molecule is CN(c1ccc(-c2ccccc2)cc1)c1ccc(N(c2ccccc2)c2cccc(-c3ccccc3)c2)cc1.CN(c1ccc(N(c2ccccc2)c2cccc(-c3ccccc3)c2)cc1)c1c2ccccc2cc2ccccc12.CN(c1ccc(N(c2ccccc2)c2cccc(-c3ccccc3)c2)cc1)c1cccc(-c2ccccc2)c1. The molecule has 0 saturated heterocycles. The van der Waals surface area contributed by atoms with Gasteiger partial charge in [-0.15, -0.1) is 0 Å². The molecule has 0 aliphatic heterocycles. The number of benzene rings is 19. The van der Waals surface area contributed by atoms with Crippen LogP contribution in [0.5, 0.6) is 0 Å². The highest BCUT2D eigenvalue weighted by atomic mass is 15.2. The minimum absolute atomic E-state index is 1.11. The standard InChI is InChI=1S/C39H30N2.2C37H30N2/c1-40(39-37-21-10-8-15-31(37)27-32-16-9-11-22-38(32)39)33-23-25-35(26-24-33)41(34-18-6-3-7-19-34)36-20-12-17-30(28-36)29-13-4-2-5-14-29;1-38(36-21-11-17-31(27-36)29-13-5-2-6-14-29)33-23-25-35(26-24-33)39(34-19-9-4-10-20-34)37-22-12-18-32(28-37)30-15-7-3-8-16-30;1-38(33-22-20-31(21-23-33)29-12-5-2-6-13-29)34-24-26-36(27-25-34)39(35-17-9-4-10-18-35)37-19-11-16-32(28-37)30-14-7-3-8-15-30/h2-28H,1H3;2*2-28H,1H3. The monoisotopic (exact) mass is 1530 g/mol. The summed E-state index contributed by atoms with van der Waals surface area (Å²) < 4.78 is 0. The molecule has 0 spiro atoms. The zero-order chi connectivity index (χ0) is 80.5. The average Bonchev–Trinajstić information content (AvgIpc) is 0.763. The van der Waals surface area contributed by atoms with Crippen molar-refractivity contribution in [3.05, 3.63) is 491 Å². The van der Waals surface area contributed by atoms with Crippen LogP contribution in [0.3, 0.4) is 0 Å². The maximum absolute atomic E-state index is 2.32. The number of hydrogen-bond acceptors (Lipinski definition) is 6. The summed E-state index contributed by atoms with van der Waals surface area (Å²) in [4.78, 5) is 13.7. The van der Waals surface area contributed by atoms with E-state index in [2.05, 4.69) is 536 Å². The van der Waals surface area contributed by atoms with Crippen molar-refractivity contribution in [3.8, 4) is 55.6 Å². The molecule has 0 unspecified atom stereocenters. The lowest BCUT2D eigenvalue weighted by atomic mass is 10.00. The van der Waals surface area contributed by atoms with Crippen LogP contribution in [0, 0.1) is 0 Å². The van der Waals surface area contributed by atoms with Gasteiger partial charge in [0.1, 0.15) is 0 Å². The predicted octanol–water partition coefficient (Wildman–Crippen LogP) is 31.4. The molecule has 0 fully saturated rings. The zero-order valence-electron chi connectivity index (χ0n) is 66.9. The Kier molecular flexibility index (Phi) is 23.2. The van der Waals surface area contributed by atoms with Crippen molar-refractivity contribution in [3.63, 3.8) is 0 Å². The fourth-order valence-electron chi connectivity index (χ4n) is 15.7. The molecule has 19 rings (SSSR count).